The van der Waals surface area contributed by atoms with Crippen molar-refractivity contribution in [2.24, 2.45) is 0 Å². The zero-order valence-corrected chi connectivity index (χ0v) is 17.4. The molecule has 3 aromatic carbocycles. The van der Waals surface area contributed by atoms with Crippen LogP contribution in [-0.2, 0) is 15.4 Å². The smallest absolute Gasteiger partial charge is 0.261 e. The lowest BCUT2D eigenvalue weighted by Gasteiger charge is -2.23. The summed E-state index contributed by atoms with van der Waals surface area (Å²) in [7, 11) is 6.37. The minimum absolute atomic E-state index is 0.456. The molecule has 0 aliphatic heterocycles. The molecule has 0 heterocycles. The summed E-state index contributed by atoms with van der Waals surface area (Å²) in [6, 6.07) is 21.4. The third-order valence-electron chi connectivity index (χ3n) is 4.20. The molecule has 1 N–H and O–H groups in total. The van der Waals surface area contributed by atoms with Gasteiger partial charge in [0, 0.05) is 17.5 Å². The fraction of sp³-hybridized carbons (Fsp3) is 0.273. The predicted octanol–water partition coefficient (Wildman–Crippen LogP) is 4.74. The zero-order chi connectivity index (χ0) is 20.0. The molecule has 0 fully saturated rings. The van der Waals surface area contributed by atoms with Crippen molar-refractivity contribution in [3.05, 3.63) is 66.7 Å². The van der Waals surface area contributed by atoms with Crippen LogP contribution < -0.4 is 9.46 Å². The normalized spacial score (nSPS) is 12.7. The topological polar surface area (TPSA) is 47.6 Å². The summed E-state index contributed by atoms with van der Waals surface area (Å²) in [5, 5.41) is 2.20. The molecule has 3 rings (SSSR count). The monoisotopic (exact) mass is 399 g/mol. The first-order chi connectivity index (χ1) is 13.4. The average Bonchev–Trinajstić information content (AvgIpc) is 2.66. The van der Waals surface area contributed by atoms with Gasteiger partial charge in [0.15, 0.2) is 0 Å². The average molecular weight is 400 g/mol. The Balaban J connectivity index is 1.54. The second-order valence-electron chi connectivity index (χ2n) is 7.63. The summed E-state index contributed by atoms with van der Waals surface area (Å²) in [5.74, 6) is 1.53. The molecular weight excluding hydrogens is 372 g/mol. The second-order valence-corrected chi connectivity index (χ2v) is 8.54. The fourth-order valence-electron chi connectivity index (χ4n) is 2.80. The number of anilines is 1. The molecule has 0 saturated carbocycles. The molecule has 0 radical (unpaired) electrons. The van der Waals surface area contributed by atoms with Gasteiger partial charge in [0.2, 0.25) is 0 Å². The van der Waals surface area contributed by atoms with Gasteiger partial charge in [-0.1, -0.05) is 36.4 Å². The van der Waals surface area contributed by atoms with Crippen LogP contribution in [0.2, 0.25) is 0 Å². The van der Waals surface area contributed by atoms with E-state index >= 15 is 0 Å². The van der Waals surface area contributed by atoms with Crippen LogP contribution in [-0.4, -0.2) is 43.0 Å². The van der Waals surface area contributed by atoms with Crippen LogP contribution in [0.5, 0.6) is 11.5 Å². The standard InChI is InChI=1S/C22H27N2O3S/c1-24(2,3)16-7-17-26-28(25)23-19-12-14-20(15-13-19)27-22-11-6-9-18-8-4-5-10-21(18)22/h4-6,8-15,23H,7,16-17H2,1-3H3/q+1. The predicted molar refractivity (Wildman–Crippen MR) is 116 cm³/mol. The van der Waals surface area contributed by atoms with Crippen LogP contribution in [0.25, 0.3) is 10.8 Å². The number of hydrogen-bond donors (Lipinski definition) is 1. The van der Waals surface area contributed by atoms with Crippen molar-refractivity contribution in [1.29, 1.82) is 0 Å². The highest BCUT2D eigenvalue weighted by Gasteiger charge is 2.08. The van der Waals surface area contributed by atoms with E-state index in [4.69, 9.17) is 8.92 Å². The Morgan fingerprint density at radius 1 is 0.929 bits per heavy atom. The maximum absolute atomic E-state index is 12.0. The van der Waals surface area contributed by atoms with Crippen LogP contribution in [0.1, 0.15) is 6.42 Å². The Bertz CT molecular complexity index is 931. The van der Waals surface area contributed by atoms with Crippen molar-refractivity contribution in [1.82, 2.24) is 0 Å². The van der Waals surface area contributed by atoms with Crippen molar-refractivity contribution in [3.8, 4) is 11.5 Å². The molecule has 5 nitrogen and oxygen atoms in total. The minimum Gasteiger partial charge on any atom is -0.457 e. The Morgan fingerprint density at radius 3 is 2.39 bits per heavy atom. The summed E-state index contributed by atoms with van der Waals surface area (Å²) in [6.07, 6.45) is 0.856. The molecule has 3 aromatic rings. The third kappa shape index (κ3) is 6.05. The molecule has 0 amide bonds. The molecule has 1 unspecified atom stereocenters. The Morgan fingerprint density at radius 2 is 1.64 bits per heavy atom. The first kappa shape index (κ1) is 20.3. The van der Waals surface area contributed by atoms with E-state index in [-0.39, 0.29) is 0 Å². The second kappa shape index (κ2) is 9.19. The number of hydrogen-bond acceptors (Lipinski definition) is 3. The molecule has 28 heavy (non-hydrogen) atoms. The first-order valence-electron chi connectivity index (χ1n) is 9.28. The van der Waals surface area contributed by atoms with Gasteiger partial charge in [-0.3, -0.25) is 8.91 Å². The summed E-state index contributed by atoms with van der Waals surface area (Å²) < 4.78 is 27.1. The van der Waals surface area contributed by atoms with Crippen molar-refractivity contribution in [2.75, 3.05) is 39.0 Å². The van der Waals surface area contributed by atoms with Crippen LogP contribution >= 0.6 is 0 Å². The van der Waals surface area contributed by atoms with Gasteiger partial charge in [-0.25, -0.2) is 4.21 Å². The molecule has 0 saturated heterocycles. The summed E-state index contributed by atoms with van der Waals surface area (Å²) in [5.41, 5.74) is 0.718. The lowest BCUT2D eigenvalue weighted by molar-refractivity contribution is -0.870. The van der Waals surface area contributed by atoms with Gasteiger partial charge in [-0.2, -0.15) is 0 Å². The van der Waals surface area contributed by atoms with Gasteiger partial charge < -0.3 is 9.22 Å². The number of nitrogens with zero attached hydrogens (tertiary/aromatic N) is 1. The maximum atomic E-state index is 12.0. The van der Waals surface area contributed by atoms with Gasteiger partial charge >= 0.3 is 0 Å². The van der Waals surface area contributed by atoms with E-state index in [2.05, 4.69) is 38.0 Å². The summed E-state index contributed by atoms with van der Waals surface area (Å²) >= 11 is -1.56. The molecule has 0 aliphatic rings. The quantitative estimate of drug-likeness (QED) is 0.418. The van der Waals surface area contributed by atoms with Crippen molar-refractivity contribution in [3.63, 3.8) is 0 Å². The van der Waals surface area contributed by atoms with Crippen LogP contribution in [0, 0.1) is 0 Å². The molecule has 0 aromatic heterocycles. The van der Waals surface area contributed by atoms with E-state index < -0.39 is 11.3 Å². The summed E-state index contributed by atoms with van der Waals surface area (Å²) in [6.45, 7) is 1.43. The fourth-order valence-corrected chi connectivity index (χ4v) is 3.46. The van der Waals surface area contributed by atoms with E-state index in [0.29, 0.717) is 6.61 Å². The molecule has 1 atom stereocenters. The number of nitrogens with one attached hydrogen (secondary N) is 1. The van der Waals surface area contributed by atoms with Crippen molar-refractivity contribution in [2.45, 2.75) is 6.42 Å². The van der Waals surface area contributed by atoms with Gasteiger partial charge in [-0.15, -0.1) is 0 Å². The van der Waals surface area contributed by atoms with E-state index in [1.165, 1.54) is 0 Å². The van der Waals surface area contributed by atoms with Gasteiger partial charge in [-0.05, 0) is 35.7 Å². The largest absolute Gasteiger partial charge is 0.457 e. The third-order valence-corrected chi connectivity index (χ3v) is 4.98. The van der Waals surface area contributed by atoms with Crippen LogP contribution in [0.3, 0.4) is 0 Å². The van der Waals surface area contributed by atoms with Crippen molar-refractivity contribution >= 4 is 27.7 Å². The highest BCUT2D eigenvalue weighted by molar-refractivity contribution is 7.81. The lowest BCUT2D eigenvalue weighted by atomic mass is 10.1. The zero-order valence-electron chi connectivity index (χ0n) is 16.6. The van der Waals surface area contributed by atoms with Gasteiger partial charge in [0.05, 0.1) is 34.3 Å². The van der Waals surface area contributed by atoms with E-state index in [1.807, 2.05) is 54.6 Å². The maximum Gasteiger partial charge on any atom is 0.261 e. The number of rotatable bonds is 9. The lowest BCUT2D eigenvalue weighted by Crippen LogP contribution is -2.35. The summed E-state index contributed by atoms with van der Waals surface area (Å²) in [4.78, 5) is 0. The Kier molecular flexibility index (Phi) is 6.67. The molecule has 0 aliphatic carbocycles. The number of ether oxygens (including phenoxy) is 1. The molecule has 0 spiro atoms. The van der Waals surface area contributed by atoms with Crippen LogP contribution in [0.4, 0.5) is 5.69 Å². The SMILES string of the molecule is C[N+](C)(C)CCCOS(=O)Nc1ccc(Oc2cccc3ccccc23)cc1. The van der Waals surface area contributed by atoms with E-state index in [9.17, 15) is 4.21 Å². The molecular formula is C22H27N2O3S+. The van der Waals surface area contributed by atoms with Gasteiger partial charge in [0.1, 0.15) is 11.5 Å². The number of quaternary nitrogens is 1. The van der Waals surface area contributed by atoms with E-state index in [1.54, 1.807) is 0 Å². The Labute approximate surface area is 169 Å². The molecule has 148 valence electrons. The van der Waals surface area contributed by atoms with Gasteiger partial charge in [0.25, 0.3) is 11.3 Å². The molecule has 6 heteroatoms. The minimum atomic E-state index is -1.56. The van der Waals surface area contributed by atoms with Crippen molar-refractivity contribution < 1.29 is 17.6 Å². The Hall–Kier alpha value is -2.41. The van der Waals surface area contributed by atoms with E-state index in [0.717, 1.165) is 45.4 Å². The van der Waals surface area contributed by atoms with Crippen LogP contribution in [0.15, 0.2) is 66.7 Å². The molecule has 0 bridgehead atoms. The first-order valence-corrected chi connectivity index (χ1v) is 10.4. The number of benzene rings is 3. The highest BCUT2D eigenvalue weighted by atomic mass is 32.2. The highest BCUT2D eigenvalue weighted by Crippen LogP contribution is 2.30. The number of fused-ring (bicyclic) bond motifs is 1.